The number of aliphatic carboxylic acids is 2. The maximum absolute atomic E-state index is 14.6. The van der Waals surface area contributed by atoms with Gasteiger partial charge in [-0.15, -0.1) is 0 Å². The first-order valence-corrected chi connectivity index (χ1v) is 19.5. The third-order valence-electron chi connectivity index (χ3n) is 10.7. The summed E-state index contributed by atoms with van der Waals surface area (Å²) in [6, 6.07) is 25.4. The number of aryl methyl sites for hydroxylation is 2. The normalized spacial score (nSPS) is 14.6. The molecule has 0 aliphatic carbocycles. The van der Waals surface area contributed by atoms with Gasteiger partial charge < -0.3 is 34.8 Å². The molecule has 2 atom stereocenters. The third-order valence-corrected chi connectivity index (χ3v) is 10.7. The predicted molar refractivity (Wildman–Crippen MR) is 216 cm³/mol. The number of pyridine rings is 1. The largest absolute Gasteiger partial charge is 0.479 e. The number of hydrogen-bond donors (Lipinski definition) is 4. The number of likely N-dealkylation sites (tertiary alicyclic amines) is 1. The number of benzene rings is 4. The minimum absolute atomic E-state index is 0.0439. The van der Waals surface area contributed by atoms with Crippen LogP contribution in [0.3, 0.4) is 0 Å². The first-order valence-electron chi connectivity index (χ1n) is 19.5. The lowest BCUT2D eigenvalue weighted by Gasteiger charge is -2.40. The Morgan fingerprint density at radius 3 is 1.92 bits per heavy atom. The molecule has 4 aromatic carbocycles. The second-order valence-corrected chi connectivity index (χ2v) is 15.0. The molecule has 1 aromatic heterocycles. The van der Waals surface area contributed by atoms with Crippen LogP contribution in [-0.2, 0) is 46.5 Å². The van der Waals surface area contributed by atoms with Gasteiger partial charge in [-0.05, 0) is 92.1 Å². The zero-order chi connectivity index (χ0) is 44.6. The smallest absolute Gasteiger partial charge is 0.416 e. The number of aliphatic hydroxyl groups is 2. The standard InChI is InChI=1S/C41H40F5N3O2.C4H6O6/c1-27(2)47-22-20-33(21-23-47)49(25-28-10-12-29(13-11-28)30-14-17-32(18-15-30)41(44,45)46)39(51)26-48-34(19-16-31-6-5-8-36(42)40(31)43)24-38(50)35-7-3-4-9-37(35)48;5-1(3(7)8)2(6)4(9)10/h3-15,17-18,24,27,33H,16,19-23,25-26H2,1-2H3;1-2,5-6H,(H,7,8)(H,9,10). The number of carboxylic acids is 2. The zero-order valence-electron chi connectivity index (χ0n) is 33.4. The van der Waals surface area contributed by atoms with Crippen LogP contribution in [0.25, 0.3) is 22.0 Å². The molecular formula is C45H46F5N3O8. The second kappa shape index (κ2) is 20.1. The highest BCUT2D eigenvalue weighted by atomic mass is 19.4. The van der Waals surface area contributed by atoms with Crippen molar-refractivity contribution in [3.05, 3.63) is 141 Å². The van der Waals surface area contributed by atoms with Crippen molar-refractivity contribution in [2.24, 2.45) is 0 Å². The van der Waals surface area contributed by atoms with Gasteiger partial charge in [-0.2, -0.15) is 13.2 Å². The van der Waals surface area contributed by atoms with Gasteiger partial charge in [0.15, 0.2) is 29.3 Å². The van der Waals surface area contributed by atoms with E-state index in [-0.39, 0.29) is 42.3 Å². The summed E-state index contributed by atoms with van der Waals surface area (Å²) in [5, 5.41) is 33.0. The summed E-state index contributed by atoms with van der Waals surface area (Å²) >= 11 is 0. The van der Waals surface area contributed by atoms with E-state index < -0.39 is 47.5 Å². The summed E-state index contributed by atoms with van der Waals surface area (Å²) in [6.45, 7) is 6.24. The Morgan fingerprint density at radius 2 is 1.36 bits per heavy atom. The SMILES string of the molecule is CC(C)N1CCC(N(Cc2ccc(-c3ccc(C(F)(F)F)cc3)cc2)C(=O)Cn2c(CCc3cccc(F)c3F)cc(=O)c3ccccc32)CC1.O=C(O)C(O)C(O)C(=O)O. The van der Waals surface area contributed by atoms with Crippen molar-refractivity contribution in [1.82, 2.24) is 14.4 Å². The Balaban J connectivity index is 0.000000626. The number of amides is 1. The topological polar surface area (TPSA) is 161 Å². The highest BCUT2D eigenvalue weighted by Crippen LogP contribution is 2.31. The number of carbonyl (C=O) groups excluding carboxylic acids is 1. The Morgan fingerprint density at radius 1 is 0.787 bits per heavy atom. The average molecular weight is 852 g/mol. The molecule has 6 rings (SSSR count). The van der Waals surface area contributed by atoms with Crippen LogP contribution in [0.15, 0.2) is 102 Å². The fourth-order valence-corrected chi connectivity index (χ4v) is 7.26. The Kier molecular flexibility index (Phi) is 15.2. The number of piperidine rings is 1. The molecule has 16 heteroatoms. The maximum atomic E-state index is 14.6. The summed E-state index contributed by atoms with van der Waals surface area (Å²) in [6.07, 6.45) is -7.03. The van der Waals surface area contributed by atoms with Gasteiger partial charge in [-0.1, -0.05) is 60.7 Å². The number of hydrogen-bond acceptors (Lipinski definition) is 7. The first kappa shape index (κ1) is 46.1. The number of alkyl halides is 3. The molecule has 1 fully saturated rings. The van der Waals surface area contributed by atoms with E-state index in [2.05, 4.69) is 18.7 Å². The van der Waals surface area contributed by atoms with Gasteiger partial charge in [0, 0.05) is 48.9 Å². The molecule has 1 amide bonds. The van der Waals surface area contributed by atoms with Crippen LogP contribution >= 0.6 is 0 Å². The van der Waals surface area contributed by atoms with E-state index >= 15 is 0 Å². The molecule has 4 N–H and O–H groups in total. The molecule has 61 heavy (non-hydrogen) atoms. The molecule has 1 saturated heterocycles. The fourth-order valence-electron chi connectivity index (χ4n) is 7.26. The molecule has 2 heterocycles. The molecular weight excluding hydrogens is 805 g/mol. The number of carboxylic acid groups (broad SMARTS) is 2. The highest BCUT2D eigenvalue weighted by molar-refractivity contribution is 5.84. The van der Waals surface area contributed by atoms with Gasteiger partial charge in [0.25, 0.3) is 0 Å². The van der Waals surface area contributed by atoms with E-state index in [1.54, 1.807) is 24.3 Å². The van der Waals surface area contributed by atoms with Crippen molar-refractivity contribution in [1.29, 1.82) is 0 Å². The van der Waals surface area contributed by atoms with Crippen LogP contribution in [0, 0.1) is 11.6 Å². The molecule has 0 bridgehead atoms. The minimum Gasteiger partial charge on any atom is -0.479 e. The quantitative estimate of drug-likeness (QED) is 0.0967. The zero-order valence-corrected chi connectivity index (χ0v) is 33.4. The van der Waals surface area contributed by atoms with E-state index in [4.69, 9.17) is 20.4 Å². The lowest BCUT2D eigenvalue weighted by Crippen LogP contribution is -2.49. The number of carbonyl (C=O) groups is 3. The van der Waals surface area contributed by atoms with Crippen LogP contribution in [0.4, 0.5) is 22.0 Å². The Hall–Kier alpha value is -5.97. The van der Waals surface area contributed by atoms with Crippen molar-refractivity contribution >= 4 is 28.7 Å². The van der Waals surface area contributed by atoms with Crippen LogP contribution in [0.5, 0.6) is 0 Å². The van der Waals surface area contributed by atoms with Crippen LogP contribution in [0.1, 0.15) is 49.1 Å². The summed E-state index contributed by atoms with van der Waals surface area (Å²) in [5.41, 5.74) is 2.68. The van der Waals surface area contributed by atoms with Gasteiger partial charge in [-0.3, -0.25) is 9.59 Å². The van der Waals surface area contributed by atoms with E-state index in [1.165, 1.54) is 30.3 Å². The van der Waals surface area contributed by atoms with Crippen molar-refractivity contribution in [2.75, 3.05) is 13.1 Å². The van der Waals surface area contributed by atoms with Crippen LogP contribution in [0.2, 0.25) is 0 Å². The molecule has 11 nitrogen and oxygen atoms in total. The van der Waals surface area contributed by atoms with Gasteiger partial charge in [0.1, 0.15) is 6.54 Å². The van der Waals surface area contributed by atoms with Crippen LogP contribution < -0.4 is 5.43 Å². The van der Waals surface area contributed by atoms with E-state index in [0.29, 0.717) is 34.7 Å². The molecule has 2 unspecified atom stereocenters. The number of aliphatic hydroxyl groups excluding tert-OH is 2. The van der Waals surface area contributed by atoms with Gasteiger partial charge >= 0.3 is 18.1 Å². The molecule has 0 spiro atoms. The summed E-state index contributed by atoms with van der Waals surface area (Å²) in [4.78, 5) is 51.5. The number of nitrogens with zero attached hydrogens (tertiary/aromatic N) is 3. The second-order valence-electron chi connectivity index (χ2n) is 15.0. The third kappa shape index (κ3) is 11.7. The Bertz CT molecular complexity index is 2360. The predicted octanol–water partition coefficient (Wildman–Crippen LogP) is 6.53. The number of rotatable bonds is 13. The minimum atomic E-state index is -4.41. The van der Waals surface area contributed by atoms with Crippen LogP contribution in [-0.4, -0.2) is 90.0 Å². The van der Waals surface area contributed by atoms with Crippen molar-refractivity contribution in [3.63, 3.8) is 0 Å². The van der Waals surface area contributed by atoms with E-state index in [1.807, 2.05) is 33.7 Å². The number of aromatic nitrogens is 1. The number of halogens is 5. The van der Waals surface area contributed by atoms with Crippen molar-refractivity contribution < 1.29 is 56.8 Å². The highest BCUT2D eigenvalue weighted by Gasteiger charge is 2.32. The molecule has 1 aliphatic rings. The summed E-state index contributed by atoms with van der Waals surface area (Å²) in [7, 11) is 0. The maximum Gasteiger partial charge on any atom is 0.416 e. The number of fused-ring (bicyclic) bond motifs is 1. The van der Waals surface area contributed by atoms with Gasteiger partial charge in [-0.25, -0.2) is 18.4 Å². The molecule has 324 valence electrons. The van der Waals surface area contributed by atoms with Gasteiger partial charge in [0.05, 0.1) is 11.1 Å². The summed E-state index contributed by atoms with van der Waals surface area (Å²) in [5.74, 6) is -5.54. The number of para-hydroxylation sites is 1. The lowest BCUT2D eigenvalue weighted by molar-refractivity contribution is -0.165. The van der Waals surface area contributed by atoms with E-state index in [0.717, 1.165) is 55.3 Å². The lowest BCUT2D eigenvalue weighted by atomic mass is 9.99. The molecule has 0 saturated carbocycles. The van der Waals surface area contributed by atoms with E-state index in [9.17, 15) is 41.1 Å². The summed E-state index contributed by atoms with van der Waals surface area (Å²) < 4.78 is 69.6. The fraction of sp³-hybridized carbons (Fsp3) is 0.333. The Labute approximate surface area is 347 Å². The average Bonchev–Trinajstić information content (AvgIpc) is 3.24. The molecule has 5 aromatic rings. The molecule has 1 aliphatic heterocycles. The van der Waals surface area contributed by atoms with Crippen molar-refractivity contribution in [2.45, 2.75) is 83.1 Å². The first-order chi connectivity index (χ1) is 28.8. The monoisotopic (exact) mass is 851 g/mol. The van der Waals surface area contributed by atoms with Crippen molar-refractivity contribution in [3.8, 4) is 11.1 Å². The molecule has 0 radical (unpaired) electrons. The van der Waals surface area contributed by atoms with Gasteiger partial charge in [0.2, 0.25) is 5.91 Å².